The third-order valence-electron chi connectivity index (χ3n) is 5.56. The summed E-state index contributed by atoms with van der Waals surface area (Å²) in [6.07, 6.45) is 1.67. The van der Waals surface area contributed by atoms with E-state index in [2.05, 4.69) is 20.9 Å². The second-order valence-electron chi connectivity index (χ2n) is 8.64. The van der Waals surface area contributed by atoms with Crippen molar-refractivity contribution in [3.8, 4) is 0 Å². The van der Waals surface area contributed by atoms with Gasteiger partial charge in [0.2, 0.25) is 0 Å². The lowest BCUT2D eigenvalue weighted by Gasteiger charge is -2.33. The molecule has 1 aromatic heterocycles. The van der Waals surface area contributed by atoms with Crippen LogP contribution in [-0.4, -0.2) is 51.2 Å². The third-order valence-corrected chi connectivity index (χ3v) is 6.75. The molecule has 30 heavy (non-hydrogen) atoms. The number of rotatable bonds is 9. The first-order valence-corrected chi connectivity index (χ1v) is 11.0. The van der Waals surface area contributed by atoms with Gasteiger partial charge in [-0.05, 0) is 38.3 Å². The molecule has 0 fully saturated rings. The highest BCUT2D eigenvalue weighted by molar-refractivity contribution is 9.09. The molecule has 0 spiro atoms. The summed E-state index contributed by atoms with van der Waals surface area (Å²) in [5.74, 6) is -2.42. The Bertz CT molecular complexity index is 889. The molecule has 3 unspecified atom stereocenters. The summed E-state index contributed by atoms with van der Waals surface area (Å²) in [4.78, 5) is 29.2. The lowest BCUT2D eigenvalue weighted by molar-refractivity contribution is -0.170. The lowest BCUT2D eigenvalue weighted by atomic mass is 9.90. The zero-order chi connectivity index (χ0) is 22.7. The zero-order valence-corrected chi connectivity index (χ0v) is 19.7. The molecule has 7 nitrogen and oxygen atoms in total. The number of fused-ring (bicyclic) bond motifs is 1. The molecule has 0 aliphatic rings. The smallest absolute Gasteiger partial charge is 0.324 e. The van der Waals surface area contributed by atoms with E-state index >= 15 is 0 Å². The van der Waals surface area contributed by atoms with Gasteiger partial charge in [-0.25, -0.2) is 0 Å². The molecule has 0 radical (unpaired) electrons. The van der Waals surface area contributed by atoms with Gasteiger partial charge in [-0.15, -0.1) is 0 Å². The Balaban J connectivity index is 2.45. The fraction of sp³-hybridized carbons (Fsp3) is 0.545. The molecular weight excluding hydrogens is 452 g/mol. The SMILES string of the molecule is CC(C)C(C)(C)OC(=O)C(c1c[nH]c2ccccc12)C(N)C(=O)OC(C)(CO)CBr. The van der Waals surface area contributed by atoms with Crippen LogP contribution in [0.1, 0.15) is 46.1 Å². The molecular formula is C22H31BrN2O5. The highest BCUT2D eigenvalue weighted by Gasteiger charge is 2.41. The average molecular weight is 483 g/mol. The number of halogens is 1. The number of esters is 2. The summed E-state index contributed by atoms with van der Waals surface area (Å²) in [6, 6.07) is 6.12. The largest absolute Gasteiger partial charge is 0.459 e. The van der Waals surface area contributed by atoms with E-state index in [4.69, 9.17) is 15.2 Å². The van der Waals surface area contributed by atoms with Gasteiger partial charge in [-0.1, -0.05) is 48.0 Å². The van der Waals surface area contributed by atoms with Gasteiger partial charge in [0.15, 0.2) is 0 Å². The molecule has 0 aliphatic heterocycles. The highest BCUT2D eigenvalue weighted by atomic mass is 79.9. The number of hydrogen-bond donors (Lipinski definition) is 3. The maximum absolute atomic E-state index is 13.3. The van der Waals surface area contributed by atoms with Crippen LogP contribution in [0.2, 0.25) is 0 Å². The number of aliphatic hydroxyl groups is 1. The van der Waals surface area contributed by atoms with Crippen molar-refractivity contribution in [2.75, 3.05) is 11.9 Å². The molecule has 3 atom stereocenters. The molecule has 0 aliphatic carbocycles. The van der Waals surface area contributed by atoms with Crippen molar-refractivity contribution in [3.05, 3.63) is 36.0 Å². The van der Waals surface area contributed by atoms with Crippen molar-refractivity contribution in [1.82, 2.24) is 4.98 Å². The fourth-order valence-electron chi connectivity index (χ4n) is 2.81. The first-order valence-electron chi connectivity index (χ1n) is 9.90. The summed E-state index contributed by atoms with van der Waals surface area (Å²) in [6.45, 7) is 8.72. The first-order chi connectivity index (χ1) is 14.0. The number of ether oxygens (including phenoxy) is 2. The number of nitrogens with two attached hydrogens (primary N) is 1. The van der Waals surface area contributed by atoms with Gasteiger partial charge in [-0.2, -0.15) is 0 Å². The highest BCUT2D eigenvalue weighted by Crippen LogP contribution is 2.32. The fourth-order valence-corrected chi connectivity index (χ4v) is 3.10. The first kappa shape index (κ1) is 24.4. The number of aromatic amines is 1. The lowest BCUT2D eigenvalue weighted by Crippen LogP contribution is -2.48. The van der Waals surface area contributed by atoms with Crippen LogP contribution in [0.15, 0.2) is 30.5 Å². The van der Waals surface area contributed by atoms with Gasteiger partial charge in [0.05, 0.1) is 6.61 Å². The number of aromatic nitrogens is 1. The molecule has 8 heteroatoms. The van der Waals surface area contributed by atoms with E-state index < -0.39 is 35.1 Å². The Morgan fingerprint density at radius 2 is 1.80 bits per heavy atom. The summed E-state index contributed by atoms with van der Waals surface area (Å²) < 4.78 is 11.2. The van der Waals surface area contributed by atoms with E-state index in [1.807, 2.05) is 52.0 Å². The summed E-state index contributed by atoms with van der Waals surface area (Å²) in [5.41, 5.74) is 5.74. The van der Waals surface area contributed by atoms with Crippen LogP contribution in [0.5, 0.6) is 0 Å². The Morgan fingerprint density at radius 1 is 1.17 bits per heavy atom. The average Bonchev–Trinajstić information content (AvgIpc) is 3.11. The molecule has 0 saturated carbocycles. The van der Waals surface area contributed by atoms with E-state index in [1.54, 1.807) is 13.1 Å². The maximum atomic E-state index is 13.3. The van der Waals surface area contributed by atoms with Gasteiger partial charge in [0.1, 0.15) is 23.2 Å². The number of hydrogen-bond acceptors (Lipinski definition) is 6. The standard InChI is InChI=1S/C22H31BrN2O5/c1-13(2)21(3,4)29-19(27)17(15-10-25-16-9-7-6-8-14(15)16)18(24)20(28)30-22(5,11-23)12-26/h6-10,13,17-18,25-26H,11-12,24H2,1-5H3. The van der Waals surface area contributed by atoms with E-state index in [0.717, 1.165) is 10.9 Å². The quantitative estimate of drug-likeness (QED) is 0.373. The van der Waals surface area contributed by atoms with Crippen LogP contribution in [0.3, 0.4) is 0 Å². The monoisotopic (exact) mass is 482 g/mol. The molecule has 2 aromatic rings. The number of H-pyrrole nitrogens is 1. The Labute approximate surface area is 185 Å². The summed E-state index contributed by atoms with van der Waals surface area (Å²) >= 11 is 3.23. The van der Waals surface area contributed by atoms with Crippen molar-refractivity contribution < 1.29 is 24.2 Å². The van der Waals surface area contributed by atoms with E-state index in [-0.39, 0.29) is 17.9 Å². The normalized spacial score (nSPS) is 16.2. The van der Waals surface area contributed by atoms with Crippen LogP contribution in [-0.2, 0) is 19.1 Å². The molecule has 0 saturated heterocycles. The third kappa shape index (κ3) is 5.22. The molecule has 4 N–H and O–H groups in total. The van der Waals surface area contributed by atoms with Gasteiger partial charge in [-0.3, -0.25) is 9.59 Å². The number of carbonyl (C=O) groups excluding carboxylic acids is 2. The predicted molar refractivity (Wildman–Crippen MR) is 119 cm³/mol. The molecule has 1 aromatic carbocycles. The molecule has 0 amide bonds. The molecule has 0 bridgehead atoms. The second kappa shape index (κ2) is 9.49. The van der Waals surface area contributed by atoms with E-state index in [9.17, 15) is 14.7 Å². The van der Waals surface area contributed by atoms with Crippen LogP contribution < -0.4 is 5.73 Å². The van der Waals surface area contributed by atoms with Gasteiger partial charge >= 0.3 is 11.9 Å². The number of nitrogens with one attached hydrogen (secondary N) is 1. The predicted octanol–water partition coefficient (Wildman–Crippen LogP) is 3.25. The van der Waals surface area contributed by atoms with Gasteiger partial charge < -0.3 is 25.3 Å². The number of carbonyl (C=O) groups is 2. The summed E-state index contributed by atoms with van der Waals surface area (Å²) in [7, 11) is 0. The van der Waals surface area contributed by atoms with E-state index in [1.165, 1.54) is 0 Å². The number of benzene rings is 1. The van der Waals surface area contributed by atoms with Crippen LogP contribution in [0, 0.1) is 5.92 Å². The number of aliphatic hydroxyl groups excluding tert-OH is 1. The Morgan fingerprint density at radius 3 is 2.37 bits per heavy atom. The van der Waals surface area contributed by atoms with Gasteiger partial charge in [0.25, 0.3) is 0 Å². The zero-order valence-electron chi connectivity index (χ0n) is 18.1. The number of para-hydroxylation sites is 1. The van der Waals surface area contributed by atoms with Crippen LogP contribution >= 0.6 is 15.9 Å². The van der Waals surface area contributed by atoms with Gasteiger partial charge in [0, 0.05) is 22.4 Å². The topological polar surface area (TPSA) is 115 Å². The second-order valence-corrected chi connectivity index (χ2v) is 9.20. The molecule has 166 valence electrons. The Hall–Kier alpha value is -1.90. The van der Waals surface area contributed by atoms with Crippen molar-refractivity contribution in [2.24, 2.45) is 11.7 Å². The molecule has 1 heterocycles. The van der Waals surface area contributed by atoms with Crippen molar-refractivity contribution in [1.29, 1.82) is 0 Å². The minimum absolute atomic E-state index is 0.0549. The minimum Gasteiger partial charge on any atom is -0.459 e. The van der Waals surface area contributed by atoms with E-state index in [0.29, 0.717) is 5.56 Å². The molecule has 2 rings (SSSR count). The maximum Gasteiger partial charge on any atom is 0.324 e. The van der Waals surface area contributed by atoms with Crippen LogP contribution in [0.4, 0.5) is 0 Å². The Kier molecular flexibility index (Phi) is 7.71. The number of alkyl halides is 1. The van der Waals surface area contributed by atoms with Crippen LogP contribution in [0.25, 0.3) is 10.9 Å². The van der Waals surface area contributed by atoms with Crippen molar-refractivity contribution in [2.45, 2.75) is 57.8 Å². The summed E-state index contributed by atoms with van der Waals surface area (Å²) in [5, 5.41) is 10.6. The minimum atomic E-state index is -1.32. The van der Waals surface area contributed by atoms with Crippen molar-refractivity contribution in [3.63, 3.8) is 0 Å². The van der Waals surface area contributed by atoms with Crippen molar-refractivity contribution >= 4 is 38.8 Å².